The maximum atomic E-state index is 6.08. The number of rotatable bonds is 10. The molecule has 2 aromatic carbocycles. The molecule has 1 saturated heterocycles. The quantitative estimate of drug-likeness (QED) is 0.335. The molecular weight excluding hydrogens is 418 g/mol. The Bertz CT molecular complexity index is 992. The number of para-hydroxylation sites is 1. The second-order valence-electron chi connectivity index (χ2n) is 9.17. The Morgan fingerprint density at radius 1 is 1.03 bits per heavy atom. The van der Waals surface area contributed by atoms with Crippen molar-refractivity contribution in [1.29, 1.82) is 0 Å². The van der Waals surface area contributed by atoms with Gasteiger partial charge in [-0.25, -0.2) is 4.98 Å². The number of ether oxygens (including phenoxy) is 1. The topological polar surface area (TPSA) is 30.3 Å². The number of nitrogens with zero attached hydrogens (tertiary/aromatic N) is 3. The maximum Gasteiger partial charge on any atom is 0.148 e. The molecule has 0 amide bonds. The van der Waals surface area contributed by atoms with Crippen LogP contribution in [-0.4, -0.2) is 34.1 Å². The number of benzene rings is 2. The van der Waals surface area contributed by atoms with Gasteiger partial charge in [-0.15, -0.1) is 0 Å². The fraction of sp³-hybridized carbons (Fsp3) is 0.519. The normalized spacial score (nSPS) is 15.8. The van der Waals surface area contributed by atoms with E-state index in [9.17, 15) is 0 Å². The zero-order valence-corrected chi connectivity index (χ0v) is 20.3. The highest BCUT2D eigenvalue weighted by molar-refractivity contribution is 6.30. The van der Waals surface area contributed by atoms with Crippen molar-refractivity contribution in [3.05, 3.63) is 58.9 Å². The van der Waals surface area contributed by atoms with Gasteiger partial charge in [0.05, 0.1) is 11.0 Å². The number of likely N-dealkylation sites (tertiary alicyclic amines) is 1. The third-order valence-corrected chi connectivity index (χ3v) is 6.92. The van der Waals surface area contributed by atoms with Crippen LogP contribution in [0.1, 0.15) is 56.8 Å². The molecule has 3 aromatic rings. The molecule has 2 heterocycles. The van der Waals surface area contributed by atoms with E-state index < -0.39 is 0 Å². The highest BCUT2D eigenvalue weighted by atomic mass is 35.5. The van der Waals surface area contributed by atoms with Crippen LogP contribution in [0, 0.1) is 12.8 Å². The summed E-state index contributed by atoms with van der Waals surface area (Å²) in [7, 11) is 0. The molecule has 172 valence electrons. The maximum absolute atomic E-state index is 6.08. The second-order valence-corrected chi connectivity index (χ2v) is 9.61. The van der Waals surface area contributed by atoms with Gasteiger partial charge < -0.3 is 14.2 Å². The van der Waals surface area contributed by atoms with Gasteiger partial charge in [0.1, 0.15) is 18.2 Å². The summed E-state index contributed by atoms with van der Waals surface area (Å²) in [6.45, 7) is 9.67. The minimum atomic E-state index is 0.459. The van der Waals surface area contributed by atoms with E-state index >= 15 is 0 Å². The lowest BCUT2D eigenvalue weighted by molar-refractivity contribution is 0.182. The number of hydrogen-bond donors (Lipinski definition) is 0. The first-order chi connectivity index (χ1) is 15.6. The van der Waals surface area contributed by atoms with Gasteiger partial charge >= 0.3 is 0 Å². The molecule has 4 rings (SSSR count). The Labute approximate surface area is 197 Å². The summed E-state index contributed by atoms with van der Waals surface area (Å²) in [6.07, 6.45) is 7.82. The molecule has 1 aromatic heterocycles. The SMILES string of the molecule is CCCC(CCn1c(COc2ccc(Cl)cc2)nc2c(C)cccc21)CN1CCCCC1. The third kappa shape index (κ3) is 5.85. The van der Waals surface area contributed by atoms with Crippen molar-refractivity contribution in [2.24, 2.45) is 5.92 Å². The Balaban J connectivity index is 1.50. The average molecular weight is 454 g/mol. The zero-order chi connectivity index (χ0) is 22.3. The monoisotopic (exact) mass is 453 g/mol. The molecule has 1 aliphatic heterocycles. The fourth-order valence-electron chi connectivity index (χ4n) is 4.93. The first-order valence-electron chi connectivity index (χ1n) is 12.2. The minimum Gasteiger partial charge on any atom is -0.486 e. The second kappa shape index (κ2) is 11.2. The van der Waals surface area contributed by atoms with Crippen LogP contribution in [0.4, 0.5) is 0 Å². The van der Waals surface area contributed by atoms with E-state index in [0.717, 1.165) is 34.6 Å². The van der Waals surface area contributed by atoms with Gasteiger partial charge in [-0.05, 0) is 87.5 Å². The van der Waals surface area contributed by atoms with Crippen molar-refractivity contribution in [2.45, 2.75) is 65.5 Å². The van der Waals surface area contributed by atoms with Crippen molar-refractivity contribution in [2.75, 3.05) is 19.6 Å². The van der Waals surface area contributed by atoms with Crippen LogP contribution in [0.15, 0.2) is 42.5 Å². The van der Waals surface area contributed by atoms with Gasteiger partial charge in [0, 0.05) is 18.1 Å². The summed E-state index contributed by atoms with van der Waals surface area (Å²) < 4.78 is 8.47. The van der Waals surface area contributed by atoms with Gasteiger partial charge in [-0.1, -0.05) is 43.5 Å². The molecular formula is C27H36ClN3O. The van der Waals surface area contributed by atoms with E-state index in [-0.39, 0.29) is 0 Å². The molecule has 0 aliphatic carbocycles. The highest BCUT2D eigenvalue weighted by Gasteiger charge is 2.18. The van der Waals surface area contributed by atoms with Gasteiger partial charge in [0.2, 0.25) is 0 Å². The molecule has 1 fully saturated rings. The molecule has 5 heteroatoms. The predicted octanol–water partition coefficient (Wildman–Crippen LogP) is 6.87. The van der Waals surface area contributed by atoms with Gasteiger partial charge in [-0.3, -0.25) is 0 Å². The number of imidazole rings is 1. The summed E-state index contributed by atoms with van der Waals surface area (Å²) in [5.41, 5.74) is 3.52. The van der Waals surface area contributed by atoms with E-state index in [0.29, 0.717) is 6.61 Å². The van der Waals surface area contributed by atoms with Crippen molar-refractivity contribution in [1.82, 2.24) is 14.5 Å². The van der Waals surface area contributed by atoms with Crippen molar-refractivity contribution in [3.63, 3.8) is 0 Å². The number of aromatic nitrogens is 2. The van der Waals surface area contributed by atoms with E-state index in [1.165, 1.54) is 69.2 Å². The summed E-state index contributed by atoms with van der Waals surface area (Å²) in [6, 6.07) is 14.0. The summed E-state index contributed by atoms with van der Waals surface area (Å²) in [5, 5.41) is 0.718. The van der Waals surface area contributed by atoms with Crippen LogP contribution in [0.3, 0.4) is 0 Å². The molecule has 0 saturated carbocycles. The fourth-order valence-corrected chi connectivity index (χ4v) is 5.05. The first-order valence-corrected chi connectivity index (χ1v) is 12.6. The highest BCUT2D eigenvalue weighted by Crippen LogP contribution is 2.24. The molecule has 0 bridgehead atoms. The molecule has 1 aliphatic rings. The van der Waals surface area contributed by atoms with Crippen LogP contribution in [-0.2, 0) is 13.2 Å². The lowest BCUT2D eigenvalue weighted by atomic mass is 9.97. The Kier molecular flexibility index (Phi) is 8.10. The number of fused-ring (bicyclic) bond motifs is 1. The van der Waals surface area contributed by atoms with Crippen molar-refractivity contribution < 1.29 is 4.74 Å². The van der Waals surface area contributed by atoms with Crippen LogP contribution < -0.4 is 4.74 Å². The van der Waals surface area contributed by atoms with E-state index in [2.05, 4.69) is 41.5 Å². The molecule has 1 unspecified atom stereocenters. The molecule has 4 nitrogen and oxygen atoms in total. The van der Waals surface area contributed by atoms with Crippen LogP contribution in [0.25, 0.3) is 11.0 Å². The number of piperidine rings is 1. The minimum absolute atomic E-state index is 0.459. The lowest BCUT2D eigenvalue weighted by Crippen LogP contribution is -2.34. The van der Waals surface area contributed by atoms with Crippen LogP contribution in [0.5, 0.6) is 5.75 Å². The number of halogens is 1. The zero-order valence-electron chi connectivity index (χ0n) is 19.5. The third-order valence-electron chi connectivity index (χ3n) is 6.66. The lowest BCUT2D eigenvalue weighted by Gasteiger charge is -2.30. The first kappa shape index (κ1) is 23.1. The molecule has 32 heavy (non-hydrogen) atoms. The van der Waals surface area contributed by atoms with Gasteiger partial charge in [0.15, 0.2) is 0 Å². The molecule has 0 N–H and O–H groups in total. The van der Waals surface area contributed by atoms with E-state index in [1.807, 2.05) is 24.3 Å². The summed E-state index contributed by atoms with van der Waals surface area (Å²) in [4.78, 5) is 7.67. The van der Waals surface area contributed by atoms with Crippen LogP contribution >= 0.6 is 11.6 Å². The van der Waals surface area contributed by atoms with Crippen molar-refractivity contribution in [3.8, 4) is 5.75 Å². The number of aryl methyl sites for hydroxylation is 2. The molecule has 1 atom stereocenters. The average Bonchev–Trinajstić information content (AvgIpc) is 3.17. The smallest absolute Gasteiger partial charge is 0.148 e. The van der Waals surface area contributed by atoms with E-state index in [1.54, 1.807) is 0 Å². The van der Waals surface area contributed by atoms with Gasteiger partial charge in [-0.2, -0.15) is 0 Å². The van der Waals surface area contributed by atoms with Crippen molar-refractivity contribution >= 4 is 22.6 Å². The molecule has 0 radical (unpaired) electrons. The predicted molar refractivity (Wildman–Crippen MR) is 134 cm³/mol. The number of hydrogen-bond acceptors (Lipinski definition) is 3. The summed E-state index contributed by atoms with van der Waals surface area (Å²) in [5.74, 6) is 2.54. The Hall–Kier alpha value is -2.04. The summed E-state index contributed by atoms with van der Waals surface area (Å²) >= 11 is 6.02. The van der Waals surface area contributed by atoms with Gasteiger partial charge in [0.25, 0.3) is 0 Å². The molecule has 0 spiro atoms. The van der Waals surface area contributed by atoms with E-state index in [4.69, 9.17) is 21.3 Å². The standard InChI is InChI=1S/C27H36ClN3O/c1-3-8-22(19-30-16-5-4-6-17-30)15-18-31-25-10-7-9-21(2)27(25)29-26(31)20-32-24-13-11-23(28)12-14-24/h7,9-14,22H,3-6,8,15-20H2,1-2H3. The van der Waals surface area contributed by atoms with Crippen LogP contribution in [0.2, 0.25) is 5.02 Å². The Morgan fingerprint density at radius 3 is 2.56 bits per heavy atom. The Morgan fingerprint density at radius 2 is 1.81 bits per heavy atom. The largest absolute Gasteiger partial charge is 0.486 e.